The number of halogens is 1. The summed E-state index contributed by atoms with van der Waals surface area (Å²) in [5.41, 5.74) is 2.49. The van der Waals surface area contributed by atoms with Gasteiger partial charge in [-0.3, -0.25) is 0 Å². The number of benzene rings is 2. The Labute approximate surface area is 138 Å². The van der Waals surface area contributed by atoms with Crippen molar-refractivity contribution in [3.05, 3.63) is 57.6 Å². The van der Waals surface area contributed by atoms with Crippen LogP contribution in [-0.4, -0.2) is 7.11 Å². The Morgan fingerprint density at radius 2 is 1.77 bits per heavy atom. The predicted molar refractivity (Wildman–Crippen MR) is 88.6 cm³/mol. The molecule has 22 heavy (non-hydrogen) atoms. The second-order valence-corrected chi connectivity index (χ2v) is 5.57. The normalized spacial score (nSPS) is 11.1. The molecule has 0 heterocycles. The van der Waals surface area contributed by atoms with E-state index in [4.69, 9.17) is 4.74 Å². The highest BCUT2D eigenvalue weighted by Gasteiger charge is 2.13. The number of rotatable bonds is 4. The van der Waals surface area contributed by atoms with Crippen LogP contribution in [0.3, 0.4) is 0 Å². The molecule has 0 aliphatic carbocycles. The number of hydrogen-bond acceptors (Lipinski definition) is 4. The zero-order valence-corrected chi connectivity index (χ0v) is 13.8. The molecule has 0 aliphatic heterocycles. The van der Waals surface area contributed by atoms with E-state index >= 15 is 0 Å². The molecule has 0 bridgehead atoms. The van der Waals surface area contributed by atoms with Gasteiger partial charge in [-0.25, -0.2) is 0 Å². The summed E-state index contributed by atoms with van der Waals surface area (Å²) in [6.45, 7) is 1.98. The topological polar surface area (TPSA) is 68.8 Å². The molecule has 2 rings (SSSR count). The van der Waals surface area contributed by atoms with Crippen LogP contribution in [-0.2, 0) is 0 Å². The van der Waals surface area contributed by atoms with Crippen molar-refractivity contribution in [3.8, 4) is 17.9 Å². The average Bonchev–Trinajstić information content (AvgIpc) is 2.54. The number of hydrogen-bond donors (Lipinski definition) is 1. The van der Waals surface area contributed by atoms with Gasteiger partial charge in [0.25, 0.3) is 0 Å². The number of para-hydroxylation sites is 1. The van der Waals surface area contributed by atoms with Crippen LogP contribution < -0.4 is 10.1 Å². The molecule has 0 aliphatic rings. The molecule has 2 aromatic carbocycles. The zero-order chi connectivity index (χ0) is 16.1. The smallest absolute Gasteiger partial charge is 0.133 e. The summed E-state index contributed by atoms with van der Waals surface area (Å²) in [7, 11) is 1.61. The molecule has 5 heteroatoms. The van der Waals surface area contributed by atoms with Crippen LogP contribution in [0.15, 0.2) is 40.9 Å². The van der Waals surface area contributed by atoms with Crippen LogP contribution in [0.1, 0.15) is 29.7 Å². The molecule has 0 fully saturated rings. The molecule has 0 spiro atoms. The number of anilines is 1. The maximum Gasteiger partial charge on any atom is 0.133 e. The van der Waals surface area contributed by atoms with Gasteiger partial charge in [-0.15, -0.1) is 0 Å². The van der Waals surface area contributed by atoms with Crippen molar-refractivity contribution in [1.82, 2.24) is 0 Å². The van der Waals surface area contributed by atoms with Crippen LogP contribution in [0.5, 0.6) is 5.75 Å². The van der Waals surface area contributed by atoms with Crippen LogP contribution in [0, 0.1) is 22.7 Å². The summed E-state index contributed by atoms with van der Waals surface area (Å²) < 4.78 is 6.07. The van der Waals surface area contributed by atoms with Crippen molar-refractivity contribution in [1.29, 1.82) is 10.5 Å². The SMILES string of the molecule is COc1ccc(C(C)Nc2c(C#N)cccc2C#N)cc1Br. The molecule has 2 aromatic rings. The van der Waals surface area contributed by atoms with E-state index < -0.39 is 0 Å². The highest BCUT2D eigenvalue weighted by atomic mass is 79.9. The van der Waals surface area contributed by atoms with E-state index in [1.165, 1.54) is 0 Å². The summed E-state index contributed by atoms with van der Waals surface area (Å²) >= 11 is 3.46. The van der Waals surface area contributed by atoms with Gasteiger partial charge in [-0.1, -0.05) is 12.1 Å². The van der Waals surface area contributed by atoms with Gasteiger partial charge in [-0.05, 0) is 52.7 Å². The van der Waals surface area contributed by atoms with Crippen LogP contribution in [0.25, 0.3) is 0 Å². The average molecular weight is 356 g/mol. The van der Waals surface area contributed by atoms with Crippen molar-refractivity contribution in [2.45, 2.75) is 13.0 Å². The Balaban J connectivity index is 2.34. The summed E-state index contributed by atoms with van der Waals surface area (Å²) in [6.07, 6.45) is 0. The maximum absolute atomic E-state index is 9.21. The van der Waals surface area contributed by atoms with Crippen molar-refractivity contribution in [3.63, 3.8) is 0 Å². The third kappa shape index (κ3) is 3.21. The second kappa shape index (κ2) is 6.98. The first-order chi connectivity index (χ1) is 10.6. The van der Waals surface area contributed by atoms with Gasteiger partial charge in [0, 0.05) is 6.04 Å². The Hall–Kier alpha value is -2.50. The lowest BCUT2D eigenvalue weighted by molar-refractivity contribution is 0.412. The van der Waals surface area contributed by atoms with Gasteiger partial charge < -0.3 is 10.1 Å². The third-order valence-electron chi connectivity index (χ3n) is 3.34. The van der Waals surface area contributed by atoms with Crippen LogP contribution in [0.4, 0.5) is 5.69 Å². The summed E-state index contributed by atoms with van der Waals surface area (Å²) in [5, 5.41) is 21.7. The van der Waals surface area contributed by atoms with Crippen molar-refractivity contribution < 1.29 is 4.74 Å². The molecule has 1 unspecified atom stereocenters. The van der Waals surface area contributed by atoms with Crippen LogP contribution >= 0.6 is 15.9 Å². The van der Waals surface area contributed by atoms with Gasteiger partial charge >= 0.3 is 0 Å². The van der Waals surface area contributed by atoms with Gasteiger partial charge in [0.2, 0.25) is 0 Å². The highest BCUT2D eigenvalue weighted by Crippen LogP contribution is 2.30. The molecule has 0 amide bonds. The first-order valence-electron chi connectivity index (χ1n) is 6.64. The zero-order valence-electron chi connectivity index (χ0n) is 12.2. The van der Waals surface area contributed by atoms with E-state index in [1.54, 1.807) is 25.3 Å². The summed E-state index contributed by atoms with van der Waals surface area (Å²) in [4.78, 5) is 0. The largest absolute Gasteiger partial charge is 0.496 e. The van der Waals surface area contributed by atoms with E-state index in [9.17, 15) is 10.5 Å². The van der Waals surface area contributed by atoms with Crippen molar-refractivity contribution >= 4 is 21.6 Å². The van der Waals surface area contributed by atoms with Gasteiger partial charge in [0.1, 0.15) is 17.9 Å². The van der Waals surface area contributed by atoms with Gasteiger partial charge in [-0.2, -0.15) is 10.5 Å². The Kier molecular flexibility index (Phi) is 5.04. The Morgan fingerprint density at radius 3 is 2.27 bits per heavy atom. The highest BCUT2D eigenvalue weighted by molar-refractivity contribution is 9.10. The van der Waals surface area contributed by atoms with E-state index in [0.717, 1.165) is 15.8 Å². The summed E-state index contributed by atoms with van der Waals surface area (Å²) in [6, 6.07) is 15.0. The lowest BCUT2D eigenvalue weighted by Crippen LogP contribution is -2.09. The van der Waals surface area contributed by atoms with E-state index in [1.807, 2.05) is 25.1 Å². The monoisotopic (exact) mass is 355 g/mol. The number of nitrogens with one attached hydrogen (secondary N) is 1. The molecular weight excluding hydrogens is 342 g/mol. The molecule has 0 saturated heterocycles. The molecule has 0 aromatic heterocycles. The fourth-order valence-electron chi connectivity index (χ4n) is 2.15. The third-order valence-corrected chi connectivity index (χ3v) is 3.96. The van der Waals surface area contributed by atoms with E-state index in [0.29, 0.717) is 16.8 Å². The van der Waals surface area contributed by atoms with Gasteiger partial charge in [0.15, 0.2) is 0 Å². The number of methoxy groups -OCH3 is 1. The molecular formula is C17H14BrN3O. The fraction of sp³-hybridized carbons (Fsp3) is 0.176. The minimum Gasteiger partial charge on any atom is -0.496 e. The number of nitriles is 2. The minimum absolute atomic E-state index is 0.0659. The van der Waals surface area contributed by atoms with Crippen LogP contribution in [0.2, 0.25) is 0 Å². The number of ether oxygens (including phenoxy) is 1. The van der Waals surface area contributed by atoms with E-state index in [2.05, 4.69) is 33.4 Å². The van der Waals surface area contributed by atoms with Crippen molar-refractivity contribution in [2.24, 2.45) is 0 Å². The quantitative estimate of drug-likeness (QED) is 0.883. The maximum atomic E-state index is 9.21. The molecule has 1 atom stereocenters. The summed E-state index contributed by atoms with van der Waals surface area (Å²) in [5.74, 6) is 0.756. The molecule has 1 N–H and O–H groups in total. The molecule has 4 nitrogen and oxygen atoms in total. The predicted octanol–water partition coefficient (Wildman–Crippen LogP) is 4.37. The second-order valence-electron chi connectivity index (χ2n) is 4.71. The van der Waals surface area contributed by atoms with E-state index in [-0.39, 0.29) is 6.04 Å². The minimum atomic E-state index is -0.0659. The Bertz CT molecular complexity index is 742. The first-order valence-corrected chi connectivity index (χ1v) is 7.43. The molecule has 0 saturated carbocycles. The lowest BCUT2D eigenvalue weighted by atomic mass is 10.0. The lowest BCUT2D eigenvalue weighted by Gasteiger charge is -2.18. The Morgan fingerprint density at radius 1 is 1.14 bits per heavy atom. The molecule has 110 valence electrons. The molecule has 0 radical (unpaired) electrons. The van der Waals surface area contributed by atoms with Crippen molar-refractivity contribution in [2.75, 3.05) is 12.4 Å². The fourth-order valence-corrected chi connectivity index (χ4v) is 2.70. The standard InChI is InChI=1S/C17H14BrN3O/c1-11(12-6-7-16(22-2)15(18)8-12)21-17-13(9-19)4-3-5-14(17)10-20/h3-8,11,21H,1-2H3. The first kappa shape index (κ1) is 15.9. The van der Waals surface area contributed by atoms with Gasteiger partial charge in [0.05, 0.1) is 28.4 Å². The number of nitrogens with zero attached hydrogens (tertiary/aromatic N) is 2.